The minimum Gasteiger partial charge on any atom is -0.507 e. The van der Waals surface area contributed by atoms with E-state index in [0.717, 1.165) is 0 Å². The quantitative estimate of drug-likeness (QED) is 0.572. The fourth-order valence-corrected chi connectivity index (χ4v) is 2.28. The van der Waals surface area contributed by atoms with Gasteiger partial charge in [0.1, 0.15) is 5.75 Å². The average molecular weight is 284 g/mol. The molecule has 0 aliphatic carbocycles. The van der Waals surface area contributed by atoms with Crippen LogP contribution in [0.25, 0.3) is 22.6 Å². The Kier molecular flexibility index (Phi) is 2.86. The third-order valence-electron chi connectivity index (χ3n) is 3.33. The van der Waals surface area contributed by atoms with Gasteiger partial charge >= 0.3 is 0 Å². The van der Waals surface area contributed by atoms with Gasteiger partial charge in [-0.1, -0.05) is 6.07 Å². The lowest BCUT2D eigenvalue weighted by Crippen LogP contribution is -1.89. The molecule has 6 nitrogen and oxygen atoms in total. The standard InChI is InChI=1S/C15H12N2O4/c1-8-6-10(7-9(2)14(8)18)15-16-13-11(17(19)20)4-3-5-12(13)21-15/h3-7,18H,1-2H3. The molecule has 21 heavy (non-hydrogen) atoms. The highest BCUT2D eigenvalue weighted by Gasteiger charge is 2.18. The SMILES string of the molecule is Cc1cc(-c2nc3c([N+](=O)[O-])cccc3o2)cc(C)c1O. The molecule has 2 aromatic carbocycles. The summed E-state index contributed by atoms with van der Waals surface area (Å²) in [7, 11) is 0. The first-order valence-electron chi connectivity index (χ1n) is 6.32. The first-order chi connectivity index (χ1) is 9.97. The Morgan fingerprint density at radius 2 is 1.90 bits per heavy atom. The molecule has 0 saturated heterocycles. The minimum atomic E-state index is -0.484. The Morgan fingerprint density at radius 3 is 2.52 bits per heavy atom. The monoisotopic (exact) mass is 284 g/mol. The molecule has 3 aromatic rings. The van der Waals surface area contributed by atoms with Gasteiger partial charge < -0.3 is 9.52 Å². The molecule has 1 N–H and O–H groups in total. The zero-order chi connectivity index (χ0) is 15.1. The maximum Gasteiger partial charge on any atom is 0.298 e. The molecule has 0 spiro atoms. The lowest BCUT2D eigenvalue weighted by molar-refractivity contribution is -0.383. The van der Waals surface area contributed by atoms with Crippen LogP contribution in [0.3, 0.4) is 0 Å². The van der Waals surface area contributed by atoms with Crippen molar-refractivity contribution in [3.63, 3.8) is 0 Å². The summed E-state index contributed by atoms with van der Waals surface area (Å²) in [4.78, 5) is 14.7. The van der Waals surface area contributed by atoms with E-state index < -0.39 is 4.92 Å². The molecule has 1 heterocycles. The number of aryl methyl sites for hydroxylation is 2. The topological polar surface area (TPSA) is 89.4 Å². The summed E-state index contributed by atoms with van der Waals surface area (Å²) in [6.45, 7) is 3.55. The second-order valence-electron chi connectivity index (χ2n) is 4.86. The van der Waals surface area contributed by atoms with Crippen LogP contribution in [0.1, 0.15) is 11.1 Å². The largest absolute Gasteiger partial charge is 0.507 e. The summed E-state index contributed by atoms with van der Waals surface area (Å²) < 4.78 is 5.60. The minimum absolute atomic E-state index is 0.0882. The number of phenolic OH excluding ortho intramolecular Hbond substituents is 1. The van der Waals surface area contributed by atoms with Crippen LogP contribution in [-0.4, -0.2) is 15.0 Å². The van der Waals surface area contributed by atoms with Gasteiger partial charge in [-0.2, -0.15) is 0 Å². The van der Waals surface area contributed by atoms with Crippen LogP contribution >= 0.6 is 0 Å². The predicted molar refractivity (Wildman–Crippen MR) is 77.2 cm³/mol. The number of non-ortho nitro benzene ring substituents is 1. The number of rotatable bonds is 2. The van der Waals surface area contributed by atoms with Gasteiger partial charge in [-0.3, -0.25) is 10.1 Å². The van der Waals surface area contributed by atoms with Crippen LogP contribution in [-0.2, 0) is 0 Å². The normalized spacial score (nSPS) is 11.0. The summed E-state index contributed by atoms with van der Waals surface area (Å²) >= 11 is 0. The Labute approximate surface area is 119 Å². The predicted octanol–water partition coefficient (Wildman–Crippen LogP) is 3.73. The van der Waals surface area contributed by atoms with Gasteiger partial charge in [0.2, 0.25) is 5.89 Å². The van der Waals surface area contributed by atoms with E-state index in [0.29, 0.717) is 28.2 Å². The van der Waals surface area contributed by atoms with E-state index in [2.05, 4.69) is 4.98 Å². The van der Waals surface area contributed by atoms with Crippen LogP contribution in [0.2, 0.25) is 0 Å². The lowest BCUT2D eigenvalue weighted by atomic mass is 10.1. The highest BCUT2D eigenvalue weighted by atomic mass is 16.6. The molecule has 0 aliphatic rings. The van der Waals surface area contributed by atoms with Crippen molar-refractivity contribution in [1.82, 2.24) is 4.98 Å². The van der Waals surface area contributed by atoms with Gasteiger partial charge in [0.25, 0.3) is 5.69 Å². The number of hydrogen-bond acceptors (Lipinski definition) is 5. The van der Waals surface area contributed by atoms with E-state index in [1.807, 2.05) is 0 Å². The molecule has 0 fully saturated rings. The Bertz CT molecular complexity index is 844. The molecule has 0 atom stereocenters. The van der Waals surface area contributed by atoms with E-state index in [-0.39, 0.29) is 17.0 Å². The third kappa shape index (κ3) is 2.10. The molecule has 0 amide bonds. The maximum absolute atomic E-state index is 11.0. The highest BCUT2D eigenvalue weighted by Crippen LogP contribution is 2.33. The molecule has 0 unspecified atom stereocenters. The molecule has 0 bridgehead atoms. The number of aromatic hydroxyl groups is 1. The second kappa shape index (κ2) is 4.59. The van der Waals surface area contributed by atoms with Crippen molar-refractivity contribution >= 4 is 16.8 Å². The van der Waals surface area contributed by atoms with Crippen molar-refractivity contribution in [3.8, 4) is 17.2 Å². The number of fused-ring (bicyclic) bond motifs is 1. The van der Waals surface area contributed by atoms with E-state index in [9.17, 15) is 15.2 Å². The molecular weight excluding hydrogens is 272 g/mol. The molecule has 6 heteroatoms. The van der Waals surface area contributed by atoms with E-state index in [4.69, 9.17) is 4.42 Å². The van der Waals surface area contributed by atoms with E-state index in [1.165, 1.54) is 6.07 Å². The lowest BCUT2D eigenvalue weighted by Gasteiger charge is -2.04. The van der Waals surface area contributed by atoms with E-state index in [1.54, 1.807) is 38.1 Å². The van der Waals surface area contributed by atoms with Crippen LogP contribution in [0.5, 0.6) is 5.75 Å². The number of para-hydroxylation sites is 1. The van der Waals surface area contributed by atoms with Gasteiger partial charge in [-0.15, -0.1) is 0 Å². The number of nitro benzene ring substituents is 1. The Hall–Kier alpha value is -2.89. The third-order valence-corrected chi connectivity index (χ3v) is 3.33. The van der Waals surface area contributed by atoms with Crippen LogP contribution < -0.4 is 0 Å². The van der Waals surface area contributed by atoms with Crippen molar-refractivity contribution < 1.29 is 14.4 Å². The summed E-state index contributed by atoms with van der Waals surface area (Å²) in [5.74, 6) is 0.520. The molecule has 0 saturated carbocycles. The summed E-state index contributed by atoms with van der Waals surface area (Å²) in [5.41, 5.74) is 2.56. The number of phenols is 1. The van der Waals surface area contributed by atoms with Crippen molar-refractivity contribution in [2.75, 3.05) is 0 Å². The van der Waals surface area contributed by atoms with Gasteiger partial charge in [0.15, 0.2) is 11.1 Å². The number of aromatic nitrogens is 1. The molecule has 1 aromatic heterocycles. The van der Waals surface area contributed by atoms with Gasteiger partial charge in [-0.05, 0) is 43.2 Å². The van der Waals surface area contributed by atoms with Crippen molar-refractivity contribution in [2.45, 2.75) is 13.8 Å². The highest BCUT2D eigenvalue weighted by molar-refractivity contribution is 5.85. The van der Waals surface area contributed by atoms with Crippen molar-refractivity contribution in [2.24, 2.45) is 0 Å². The van der Waals surface area contributed by atoms with Crippen LogP contribution in [0, 0.1) is 24.0 Å². The molecule has 0 radical (unpaired) electrons. The first kappa shape index (κ1) is 13.1. The molecule has 3 rings (SSSR count). The fraction of sp³-hybridized carbons (Fsp3) is 0.133. The first-order valence-corrected chi connectivity index (χ1v) is 6.32. The van der Waals surface area contributed by atoms with Crippen molar-refractivity contribution in [3.05, 3.63) is 51.6 Å². The summed E-state index contributed by atoms with van der Waals surface area (Å²) in [5, 5.41) is 20.8. The number of oxazole rings is 1. The zero-order valence-corrected chi connectivity index (χ0v) is 11.5. The summed E-state index contributed by atoms with van der Waals surface area (Å²) in [6, 6.07) is 8.06. The molecular formula is C15H12N2O4. The molecule has 106 valence electrons. The number of nitrogens with zero attached hydrogens (tertiary/aromatic N) is 2. The average Bonchev–Trinajstić information content (AvgIpc) is 2.87. The fourth-order valence-electron chi connectivity index (χ4n) is 2.28. The smallest absolute Gasteiger partial charge is 0.298 e. The van der Waals surface area contributed by atoms with E-state index >= 15 is 0 Å². The van der Waals surface area contributed by atoms with Crippen LogP contribution in [0.15, 0.2) is 34.7 Å². The Balaban J connectivity index is 2.22. The van der Waals surface area contributed by atoms with Gasteiger partial charge in [0.05, 0.1) is 4.92 Å². The van der Waals surface area contributed by atoms with Gasteiger partial charge in [0, 0.05) is 11.6 Å². The maximum atomic E-state index is 11.0. The Morgan fingerprint density at radius 1 is 1.24 bits per heavy atom. The number of benzene rings is 2. The zero-order valence-electron chi connectivity index (χ0n) is 11.5. The van der Waals surface area contributed by atoms with Gasteiger partial charge in [-0.25, -0.2) is 4.98 Å². The number of hydrogen-bond donors (Lipinski definition) is 1. The van der Waals surface area contributed by atoms with Crippen molar-refractivity contribution in [1.29, 1.82) is 0 Å². The van der Waals surface area contributed by atoms with Crippen LogP contribution in [0.4, 0.5) is 5.69 Å². The summed E-state index contributed by atoms with van der Waals surface area (Å²) in [6.07, 6.45) is 0. The number of nitro groups is 1. The second-order valence-corrected chi connectivity index (χ2v) is 4.86. The molecule has 0 aliphatic heterocycles.